The molecule has 41 heavy (non-hydrogen) atoms. The highest BCUT2D eigenvalue weighted by molar-refractivity contribution is 6.74. The molecule has 1 rings (SSSR count). The molecule has 11 heteroatoms. The molecule has 0 aliphatic heterocycles. The van der Waals surface area contributed by atoms with Gasteiger partial charge < -0.3 is 23.1 Å². The number of hydrogen-bond donors (Lipinski definition) is 0. The lowest BCUT2D eigenvalue weighted by Gasteiger charge is -2.43. The van der Waals surface area contributed by atoms with Crippen LogP contribution in [0.25, 0.3) is 0 Å². The number of carbonyl (C=O) groups is 1. The van der Waals surface area contributed by atoms with Crippen LogP contribution in [0.2, 0.25) is 36.3 Å². The van der Waals surface area contributed by atoms with Gasteiger partial charge in [-0.3, -0.25) is 10.1 Å². The first-order chi connectivity index (χ1) is 18.5. The van der Waals surface area contributed by atoms with Gasteiger partial charge in [0.15, 0.2) is 16.6 Å². The Hall–Kier alpha value is -2.22. The van der Waals surface area contributed by atoms with Crippen molar-refractivity contribution >= 4 is 28.3 Å². The number of hydrogen-bond acceptors (Lipinski definition) is 8. The summed E-state index contributed by atoms with van der Waals surface area (Å²) in [5, 5.41) is 11.7. The fraction of sp³-hybridized carbons (Fsp3) is 0.700. The maximum Gasteiger partial charge on any atom is 0.342 e. The van der Waals surface area contributed by atoms with Gasteiger partial charge in [0.05, 0.1) is 31.3 Å². The third-order valence-corrected chi connectivity index (χ3v) is 17.6. The van der Waals surface area contributed by atoms with Crippen molar-refractivity contribution in [3.8, 4) is 11.5 Å². The lowest BCUT2D eigenvalue weighted by atomic mass is 9.92. The van der Waals surface area contributed by atoms with E-state index in [2.05, 4.69) is 74.3 Å². The molecule has 0 bridgehead atoms. The second kappa shape index (κ2) is 13.8. The zero-order valence-electron chi connectivity index (χ0n) is 27.7. The topological polar surface area (TPSA) is 106 Å². The van der Waals surface area contributed by atoms with E-state index in [1.54, 1.807) is 6.92 Å². The lowest BCUT2D eigenvalue weighted by molar-refractivity contribution is -0.385. The van der Waals surface area contributed by atoms with Crippen molar-refractivity contribution in [2.75, 3.05) is 20.8 Å². The maximum atomic E-state index is 13.5. The summed E-state index contributed by atoms with van der Waals surface area (Å²) < 4.78 is 29.9. The lowest BCUT2D eigenvalue weighted by Crippen LogP contribution is -2.48. The molecule has 0 N–H and O–H groups in total. The number of nitro groups is 1. The third kappa shape index (κ3) is 9.39. The van der Waals surface area contributed by atoms with Gasteiger partial charge in [-0.1, -0.05) is 55.0 Å². The van der Waals surface area contributed by atoms with Crippen molar-refractivity contribution < 1.29 is 32.8 Å². The molecular formula is C30H53NO8Si2. The maximum absolute atomic E-state index is 13.5. The first kappa shape index (κ1) is 36.8. The summed E-state index contributed by atoms with van der Waals surface area (Å²) in [4.78, 5) is 24.6. The van der Waals surface area contributed by atoms with Crippen LogP contribution in [0, 0.1) is 16.0 Å². The quantitative estimate of drug-likeness (QED) is 0.0682. The van der Waals surface area contributed by atoms with Gasteiger partial charge in [-0.2, -0.15) is 0 Å². The van der Waals surface area contributed by atoms with E-state index in [0.29, 0.717) is 18.6 Å². The molecule has 0 amide bonds. The number of nitrogens with zero attached hydrogens (tertiary/aromatic N) is 1. The first-order valence-electron chi connectivity index (χ1n) is 14.1. The Bertz CT molecular complexity index is 1090. The van der Waals surface area contributed by atoms with Gasteiger partial charge in [0.2, 0.25) is 5.75 Å². The molecule has 0 heterocycles. The SMILES string of the molecule is C=C(C)[C@H](OC(=O)c1cc(OC)cc([N+](=O)[O-])c1OC)[C@@H](C)[C@H](CCO[Si](C)(C)C(C)(C)C)O[Si](C)(C)C(C)(C)C. The van der Waals surface area contributed by atoms with Crippen LogP contribution in [0.3, 0.4) is 0 Å². The monoisotopic (exact) mass is 611 g/mol. The molecule has 0 fully saturated rings. The summed E-state index contributed by atoms with van der Waals surface area (Å²) in [5.74, 6) is -1.09. The molecule has 9 nitrogen and oxygen atoms in total. The number of carbonyl (C=O) groups excluding carboxylic acids is 1. The first-order valence-corrected chi connectivity index (χ1v) is 19.9. The third-order valence-electron chi connectivity index (χ3n) is 8.61. The van der Waals surface area contributed by atoms with E-state index < -0.39 is 33.6 Å². The molecule has 0 unspecified atom stereocenters. The van der Waals surface area contributed by atoms with E-state index >= 15 is 0 Å². The highest BCUT2D eigenvalue weighted by Gasteiger charge is 2.43. The van der Waals surface area contributed by atoms with Crippen LogP contribution in [0.5, 0.6) is 11.5 Å². The molecule has 0 saturated carbocycles. The van der Waals surface area contributed by atoms with Gasteiger partial charge >= 0.3 is 11.7 Å². The summed E-state index contributed by atoms with van der Waals surface area (Å²) in [6.07, 6.45) is -0.382. The predicted octanol–water partition coefficient (Wildman–Crippen LogP) is 8.15. The molecule has 1 aromatic rings. The van der Waals surface area contributed by atoms with E-state index in [1.165, 1.54) is 26.4 Å². The largest absolute Gasteiger partial charge is 0.496 e. The zero-order chi connectivity index (χ0) is 32.1. The number of rotatable bonds is 14. The molecule has 0 saturated heterocycles. The van der Waals surface area contributed by atoms with Gasteiger partial charge in [-0.15, -0.1) is 0 Å². The van der Waals surface area contributed by atoms with Gasteiger partial charge in [0.25, 0.3) is 0 Å². The van der Waals surface area contributed by atoms with Gasteiger partial charge in [-0.25, -0.2) is 4.79 Å². The van der Waals surface area contributed by atoms with Crippen molar-refractivity contribution in [2.24, 2.45) is 5.92 Å². The standard InChI is InChI=1S/C30H53NO8Si2/c1-20(2)26(38-28(32)23-18-22(35-10)19-24(31(33)34)27(23)36-11)21(3)25(39-41(14,15)30(7,8)9)16-17-37-40(12,13)29(4,5)6/h18-19,21,25-26H,1,16-17H2,2-15H3/t21-,25-,26-/m0/s1. The molecule has 234 valence electrons. The molecule has 0 radical (unpaired) electrons. The fourth-order valence-electron chi connectivity index (χ4n) is 3.87. The molecule has 0 aromatic heterocycles. The Labute approximate surface area is 249 Å². The Balaban J connectivity index is 3.45. The van der Waals surface area contributed by atoms with Gasteiger partial charge in [0, 0.05) is 12.5 Å². The van der Waals surface area contributed by atoms with Crippen LogP contribution >= 0.6 is 0 Å². The zero-order valence-corrected chi connectivity index (χ0v) is 29.7. The van der Waals surface area contributed by atoms with Crippen molar-refractivity contribution in [3.05, 3.63) is 40.0 Å². The number of esters is 1. The van der Waals surface area contributed by atoms with E-state index in [0.717, 1.165) is 0 Å². The van der Waals surface area contributed by atoms with Crippen molar-refractivity contribution in [1.82, 2.24) is 0 Å². The second-order valence-corrected chi connectivity index (χ2v) is 23.4. The van der Waals surface area contributed by atoms with E-state index in [-0.39, 0.29) is 44.8 Å². The number of nitro benzene ring substituents is 1. The Morgan fingerprint density at radius 1 is 1.00 bits per heavy atom. The Morgan fingerprint density at radius 3 is 1.95 bits per heavy atom. The average molecular weight is 612 g/mol. The molecule has 1 aromatic carbocycles. The minimum Gasteiger partial charge on any atom is -0.496 e. The van der Waals surface area contributed by atoms with Crippen LogP contribution in [-0.4, -0.2) is 60.6 Å². The van der Waals surface area contributed by atoms with E-state index in [1.807, 2.05) is 6.92 Å². The van der Waals surface area contributed by atoms with Crippen LogP contribution < -0.4 is 9.47 Å². The number of methoxy groups -OCH3 is 2. The smallest absolute Gasteiger partial charge is 0.342 e. The molecule has 0 aliphatic carbocycles. The molecule has 0 spiro atoms. The van der Waals surface area contributed by atoms with Crippen molar-refractivity contribution in [3.63, 3.8) is 0 Å². The highest BCUT2D eigenvalue weighted by Crippen LogP contribution is 2.41. The van der Waals surface area contributed by atoms with E-state index in [4.69, 9.17) is 23.1 Å². The number of ether oxygens (including phenoxy) is 3. The predicted molar refractivity (Wildman–Crippen MR) is 169 cm³/mol. The summed E-state index contributed by atoms with van der Waals surface area (Å²) >= 11 is 0. The van der Waals surface area contributed by atoms with Crippen LogP contribution in [0.4, 0.5) is 5.69 Å². The highest BCUT2D eigenvalue weighted by atomic mass is 28.4. The van der Waals surface area contributed by atoms with Crippen molar-refractivity contribution in [2.45, 2.75) is 110 Å². The summed E-state index contributed by atoms with van der Waals surface area (Å²) in [6.45, 7) is 30.4. The van der Waals surface area contributed by atoms with Crippen LogP contribution in [0.15, 0.2) is 24.3 Å². The normalized spacial score (nSPS) is 15.1. The molecule has 3 atom stereocenters. The fourth-order valence-corrected chi connectivity index (χ4v) is 6.37. The van der Waals surface area contributed by atoms with Gasteiger partial charge in [-0.05, 0) is 61.2 Å². The molecular weight excluding hydrogens is 559 g/mol. The van der Waals surface area contributed by atoms with Crippen molar-refractivity contribution in [1.29, 1.82) is 0 Å². The number of benzene rings is 1. The summed E-state index contributed by atoms with van der Waals surface area (Å²) in [7, 11) is -1.56. The molecule has 0 aliphatic rings. The van der Waals surface area contributed by atoms with Gasteiger partial charge in [0.1, 0.15) is 17.4 Å². The minimum atomic E-state index is -2.22. The minimum absolute atomic E-state index is 0.0342. The average Bonchev–Trinajstić information content (AvgIpc) is 2.83. The van der Waals surface area contributed by atoms with Crippen LogP contribution in [0.1, 0.15) is 72.2 Å². The Kier molecular flexibility index (Phi) is 12.4. The summed E-state index contributed by atoms with van der Waals surface area (Å²) in [5.41, 5.74) is 0.150. The van der Waals surface area contributed by atoms with Crippen LogP contribution in [-0.2, 0) is 13.6 Å². The summed E-state index contributed by atoms with van der Waals surface area (Å²) in [6, 6.07) is 2.59. The Morgan fingerprint density at radius 2 is 1.54 bits per heavy atom. The second-order valence-electron chi connectivity index (χ2n) is 13.8. The van der Waals surface area contributed by atoms with E-state index in [9.17, 15) is 14.9 Å².